The van der Waals surface area contributed by atoms with Crippen molar-refractivity contribution >= 4 is 11.8 Å². The standard InChI is InChI=1S/C29H40N2O2/c32-26(30-12-6-1-2-7-13-30)24-10-14-31(15-11-24)27(33)29-19-22-16-23(20-29)18-28(17-22,21-29)25-8-4-3-5-9-25/h3-5,8-9,22-24H,1-2,6-7,10-21H2/t22-,23-,28?,29?/m0/s1. The molecule has 7 rings (SSSR count). The third-order valence-electron chi connectivity index (χ3n) is 9.95. The van der Waals surface area contributed by atoms with Crippen LogP contribution >= 0.6 is 0 Å². The molecule has 33 heavy (non-hydrogen) atoms. The van der Waals surface area contributed by atoms with Crippen LogP contribution in [-0.4, -0.2) is 47.8 Å². The van der Waals surface area contributed by atoms with Crippen molar-refractivity contribution in [2.75, 3.05) is 26.2 Å². The summed E-state index contributed by atoms with van der Waals surface area (Å²) in [7, 11) is 0. The predicted molar refractivity (Wildman–Crippen MR) is 130 cm³/mol. The van der Waals surface area contributed by atoms with E-state index in [0.29, 0.717) is 23.7 Å². The van der Waals surface area contributed by atoms with Crippen molar-refractivity contribution in [2.45, 2.75) is 82.5 Å². The van der Waals surface area contributed by atoms with Crippen LogP contribution in [0.15, 0.2) is 30.3 Å². The van der Waals surface area contributed by atoms with Crippen LogP contribution in [0.1, 0.15) is 82.6 Å². The first-order chi connectivity index (χ1) is 16.1. The predicted octanol–water partition coefficient (Wildman–Crippen LogP) is 5.17. The van der Waals surface area contributed by atoms with E-state index in [4.69, 9.17) is 0 Å². The number of amides is 2. The largest absolute Gasteiger partial charge is 0.342 e. The Morgan fingerprint density at radius 1 is 0.758 bits per heavy atom. The number of hydrogen-bond acceptors (Lipinski definition) is 2. The molecule has 6 aliphatic rings. The van der Waals surface area contributed by atoms with Gasteiger partial charge in [0.05, 0.1) is 5.41 Å². The number of benzene rings is 1. The summed E-state index contributed by atoms with van der Waals surface area (Å²) in [6.07, 6.45) is 13.6. The number of rotatable bonds is 3. The van der Waals surface area contributed by atoms with Gasteiger partial charge in [-0.25, -0.2) is 0 Å². The average Bonchev–Trinajstić information content (AvgIpc) is 3.13. The van der Waals surface area contributed by atoms with Gasteiger partial charge in [0.2, 0.25) is 11.8 Å². The monoisotopic (exact) mass is 448 g/mol. The van der Waals surface area contributed by atoms with Gasteiger partial charge in [-0.15, -0.1) is 0 Å². The lowest BCUT2D eigenvalue weighted by Gasteiger charge is -2.62. The number of carbonyl (C=O) groups is 2. The summed E-state index contributed by atoms with van der Waals surface area (Å²) < 4.78 is 0. The van der Waals surface area contributed by atoms with E-state index >= 15 is 0 Å². The zero-order chi connectivity index (χ0) is 22.5. The molecule has 6 fully saturated rings. The summed E-state index contributed by atoms with van der Waals surface area (Å²) in [6.45, 7) is 3.42. The molecule has 0 N–H and O–H groups in total. The Balaban J connectivity index is 1.15. The fourth-order valence-corrected chi connectivity index (χ4v) is 8.86. The summed E-state index contributed by atoms with van der Waals surface area (Å²) in [5.74, 6) is 2.33. The van der Waals surface area contributed by atoms with E-state index in [1.807, 2.05) is 0 Å². The zero-order valence-electron chi connectivity index (χ0n) is 20.1. The maximum Gasteiger partial charge on any atom is 0.228 e. The lowest BCUT2D eigenvalue weighted by Crippen LogP contribution is -2.60. The minimum Gasteiger partial charge on any atom is -0.342 e. The van der Waals surface area contributed by atoms with Crippen molar-refractivity contribution in [3.8, 4) is 0 Å². The fraction of sp³-hybridized carbons (Fsp3) is 0.724. The molecule has 2 amide bonds. The Bertz CT molecular complexity index is 866. The van der Waals surface area contributed by atoms with Crippen LogP contribution in [0.5, 0.6) is 0 Å². The molecule has 2 aliphatic heterocycles. The summed E-state index contributed by atoms with van der Waals surface area (Å²) in [5, 5.41) is 0. The highest BCUT2D eigenvalue weighted by Crippen LogP contribution is 2.66. The Labute approximate surface area is 199 Å². The molecule has 4 saturated carbocycles. The maximum atomic E-state index is 14.1. The third-order valence-corrected chi connectivity index (χ3v) is 9.95. The molecule has 1 aromatic rings. The zero-order valence-corrected chi connectivity index (χ0v) is 20.1. The molecule has 4 nitrogen and oxygen atoms in total. The number of carbonyl (C=O) groups excluding carboxylic acids is 2. The van der Waals surface area contributed by atoms with Gasteiger partial charge in [-0.3, -0.25) is 9.59 Å². The van der Waals surface area contributed by atoms with Gasteiger partial charge >= 0.3 is 0 Å². The van der Waals surface area contributed by atoms with Crippen LogP contribution in [0.25, 0.3) is 0 Å². The SMILES string of the molecule is O=C(C1CCN(C(=O)C23C[C@H]4C[C@H](C2)CC(c2ccccc2)(C4)C3)CC1)N1CCCCCC1. The Hall–Kier alpha value is -1.84. The maximum absolute atomic E-state index is 14.1. The minimum absolute atomic E-state index is 0.124. The van der Waals surface area contributed by atoms with Gasteiger partial charge in [0.25, 0.3) is 0 Å². The molecule has 2 atom stereocenters. The second-order valence-corrected chi connectivity index (χ2v) is 12.2. The Morgan fingerprint density at radius 3 is 2.03 bits per heavy atom. The topological polar surface area (TPSA) is 40.6 Å². The smallest absolute Gasteiger partial charge is 0.228 e. The fourth-order valence-electron chi connectivity index (χ4n) is 8.86. The third kappa shape index (κ3) is 3.82. The minimum atomic E-state index is -0.151. The van der Waals surface area contributed by atoms with Gasteiger partial charge in [0, 0.05) is 32.1 Å². The molecule has 4 heteroatoms. The van der Waals surface area contributed by atoms with Crippen molar-refractivity contribution in [3.63, 3.8) is 0 Å². The van der Waals surface area contributed by atoms with E-state index in [-0.39, 0.29) is 16.7 Å². The molecule has 0 unspecified atom stereocenters. The molecule has 0 spiro atoms. The highest BCUT2D eigenvalue weighted by Gasteiger charge is 2.61. The van der Waals surface area contributed by atoms with Gasteiger partial charge in [0.15, 0.2) is 0 Å². The molecule has 2 saturated heterocycles. The van der Waals surface area contributed by atoms with Crippen molar-refractivity contribution in [3.05, 3.63) is 35.9 Å². The van der Waals surface area contributed by atoms with Gasteiger partial charge in [0.1, 0.15) is 0 Å². The van der Waals surface area contributed by atoms with Crippen LogP contribution < -0.4 is 0 Å². The number of likely N-dealkylation sites (tertiary alicyclic amines) is 2. The van der Waals surface area contributed by atoms with Crippen LogP contribution in [-0.2, 0) is 15.0 Å². The van der Waals surface area contributed by atoms with Crippen molar-refractivity contribution in [1.29, 1.82) is 0 Å². The van der Waals surface area contributed by atoms with E-state index in [0.717, 1.165) is 71.1 Å². The summed E-state index contributed by atoms with van der Waals surface area (Å²) in [5.41, 5.74) is 1.53. The van der Waals surface area contributed by atoms with Crippen LogP contribution in [0, 0.1) is 23.2 Å². The molecule has 0 radical (unpaired) electrons. The molecule has 1 aromatic carbocycles. The molecular weight excluding hydrogens is 408 g/mol. The van der Waals surface area contributed by atoms with E-state index < -0.39 is 0 Å². The van der Waals surface area contributed by atoms with Gasteiger partial charge < -0.3 is 9.80 Å². The first-order valence-electron chi connectivity index (χ1n) is 13.7. The normalized spacial score (nSPS) is 36.6. The number of hydrogen-bond donors (Lipinski definition) is 0. The molecule has 4 aliphatic carbocycles. The average molecular weight is 449 g/mol. The van der Waals surface area contributed by atoms with E-state index in [2.05, 4.69) is 40.1 Å². The highest BCUT2D eigenvalue weighted by atomic mass is 16.2. The van der Waals surface area contributed by atoms with Crippen LogP contribution in [0.3, 0.4) is 0 Å². The molecular formula is C29H40N2O2. The van der Waals surface area contributed by atoms with Gasteiger partial charge in [-0.1, -0.05) is 43.2 Å². The summed E-state index contributed by atoms with van der Waals surface area (Å²) in [4.78, 5) is 31.5. The Kier molecular flexibility index (Phi) is 5.54. The van der Waals surface area contributed by atoms with Crippen molar-refractivity contribution in [2.24, 2.45) is 23.2 Å². The highest BCUT2D eigenvalue weighted by molar-refractivity contribution is 5.84. The molecule has 4 bridgehead atoms. The lowest BCUT2D eigenvalue weighted by molar-refractivity contribution is -0.162. The summed E-state index contributed by atoms with van der Waals surface area (Å²) in [6, 6.07) is 11.1. The number of piperidine rings is 1. The first-order valence-corrected chi connectivity index (χ1v) is 13.7. The Morgan fingerprint density at radius 2 is 1.39 bits per heavy atom. The van der Waals surface area contributed by atoms with E-state index in [1.54, 1.807) is 0 Å². The lowest BCUT2D eigenvalue weighted by atomic mass is 9.42. The number of nitrogens with zero attached hydrogens (tertiary/aromatic N) is 2. The van der Waals surface area contributed by atoms with Gasteiger partial charge in [-0.05, 0) is 87.0 Å². The van der Waals surface area contributed by atoms with E-state index in [9.17, 15) is 9.59 Å². The van der Waals surface area contributed by atoms with E-state index in [1.165, 1.54) is 37.7 Å². The molecule has 178 valence electrons. The second-order valence-electron chi connectivity index (χ2n) is 12.2. The first kappa shape index (κ1) is 21.7. The molecule has 0 aromatic heterocycles. The van der Waals surface area contributed by atoms with Gasteiger partial charge in [-0.2, -0.15) is 0 Å². The van der Waals surface area contributed by atoms with Crippen LogP contribution in [0.2, 0.25) is 0 Å². The summed E-state index contributed by atoms with van der Waals surface area (Å²) >= 11 is 0. The second kappa shape index (κ2) is 8.43. The molecule has 2 heterocycles. The van der Waals surface area contributed by atoms with Crippen molar-refractivity contribution < 1.29 is 9.59 Å². The van der Waals surface area contributed by atoms with Crippen molar-refractivity contribution in [1.82, 2.24) is 9.80 Å². The quantitative estimate of drug-likeness (QED) is 0.640. The van der Waals surface area contributed by atoms with Crippen LogP contribution in [0.4, 0.5) is 0 Å².